The van der Waals surface area contributed by atoms with Gasteiger partial charge in [-0.25, -0.2) is 0 Å². The number of guanidine groups is 1. The molecule has 2 aromatic rings. The van der Waals surface area contributed by atoms with E-state index in [0.717, 1.165) is 42.9 Å². The van der Waals surface area contributed by atoms with E-state index >= 15 is 0 Å². The van der Waals surface area contributed by atoms with Crippen molar-refractivity contribution in [1.29, 1.82) is 0 Å². The first-order valence-electron chi connectivity index (χ1n) is 10.8. The molecular formula is C22H35IN6S. The van der Waals surface area contributed by atoms with E-state index in [-0.39, 0.29) is 30.0 Å². The summed E-state index contributed by atoms with van der Waals surface area (Å²) in [5.74, 6) is 1.98. The highest BCUT2D eigenvalue weighted by molar-refractivity contribution is 14.0. The maximum absolute atomic E-state index is 4.78. The largest absolute Gasteiger partial charge is 0.357 e. The molecule has 2 N–H and O–H groups in total. The highest BCUT2D eigenvalue weighted by Gasteiger charge is 2.23. The van der Waals surface area contributed by atoms with E-state index < -0.39 is 0 Å². The summed E-state index contributed by atoms with van der Waals surface area (Å²) in [6.45, 7) is 5.87. The van der Waals surface area contributed by atoms with Gasteiger partial charge in [0, 0.05) is 25.6 Å². The monoisotopic (exact) mass is 542 g/mol. The van der Waals surface area contributed by atoms with Crippen LogP contribution < -0.4 is 10.6 Å². The summed E-state index contributed by atoms with van der Waals surface area (Å²) in [5.41, 5.74) is 1.26. The Labute approximate surface area is 202 Å². The molecule has 30 heavy (non-hydrogen) atoms. The number of thioether (sulfide) groups is 1. The van der Waals surface area contributed by atoms with E-state index in [9.17, 15) is 0 Å². The van der Waals surface area contributed by atoms with Crippen molar-refractivity contribution >= 4 is 41.7 Å². The maximum Gasteiger partial charge on any atom is 0.191 e. The van der Waals surface area contributed by atoms with Crippen molar-refractivity contribution in [3.8, 4) is 0 Å². The smallest absolute Gasteiger partial charge is 0.191 e. The number of nitrogens with one attached hydrogen (secondary N) is 2. The molecule has 166 valence electrons. The van der Waals surface area contributed by atoms with Gasteiger partial charge in [-0.3, -0.25) is 4.99 Å². The van der Waals surface area contributed by atoms with Gasteiger partial charge in [0.1, 0.15) is 5.82 Å². The second-order valence-electron chi connectivity index (χ2n) is 7.55. The Morgan fingerprint density at radius 1 is 1.23 bits per heavy atom. The van der Waals surface area contributed by atoms with Crippen LogP contribution in [0.2, 0.25) is 0 Å². The summed E-state index contributed by atoms with van der Waals surface area (Å²) in [7, 11) is 0. The molecule has 0 bridgehead atoms. The average Bonchev–Trinajstić information content (AvgIpc) is 3.41. The Kier molecular flexibility index (Phi) is 11.0. The number of nitrogens with zero attached hydrogens (tertiary/aromatic N) is 4. The van der Waals surface area contributed by atoms with Crippen molar-refractivity contribution in [3.05, 3.63) is 41.7 Å². The summed E-state index contributed by atoms with van der Waals surface area (Å²) < 4.78 is 2.39. The molecule has 3 rings (SSSR count). The Hall–Kier alpha value is -1.29. The van der Waals surface area contributed by atoms with Gasteiger partial charge < -0.3 is 15.2 Å². The van der Waals surface area contributed by atoms with Gasteiger partial charge in [0.2, 0.25) is 0 Å². The number of aryl methyl sites for hydroxylation is 1. The molecule has 1 aromatic heterocycles. The number of benzene rings is 1. The maximum atomic E-state index is 4.78. The van der Waals surface area contributed by atoms with Crippen molar-refractivity contribution in [1.82, 2.24) is 25.4 Å². The minimum atomic E-state index is 0. The van der Waals surface area contributed by atoms with Gasteiger partial charge in [-0.05, 0) is 44.9 Å². The summed E-state index contributed by atoms with van der Waals surface area (Å²) >= 11 is 1.70. The molecule has 1 atom stereocenters. The highest BCUT2D eigenvalue weighted by Crippen LogP contribution is 2.33. The zero-order valence-corrected chi connectivity index (χ0v) is 21.5. The van der Waals surface area contributed by atoms with Crippen LogP contribution in [0.25, 0.3) is 0 Å². The molecule has 1 fully saturated rings. The van der Waals surface area contributed by atoms with Gasteiger partial charge in [-0.2, -0.15) is 0 Å². The fraction of sp³-hybridized carbons (Fsp3) is 0.591. The molecule has 0 amide bonds. The third-order valence-corrected chi connectivity index (χ3v) is 6.08. The first-order chi connectivity index (χ1) is 14.2. The lowest BCUT2D eigenvalue weighted by atomic mass is 10.1. The summed E-state index contributed by atoms with van der Waals surface area (Å²) in [5, 5.41) is 16.8. The molecule has 1 heterocycles. The molecule has 6 nitrogen and oxygen atoms in total. The Bertz CT molecular complexity index is 773. The van der Waals surface area contributed by atoms with Crippen LogP contribution in [0, 0.1) is 0 Å². The van der Waals surface area contributed by atoms with Gasteiger partial charge in [-0.15, -0.1) is 34.2 Å². The molecule has 1 aliphatic rings. The number of aliphatic imine (C=N–C) groups is 1. The summed E-state index contributed by atoms with van der Waals surface area (Å²) in [6.07, 6.45) is 9.11. The minimum absolute atomic E-state index is 0. The molecular weight excluding hydrogens is 507 g/mol. The first kappa shape index (κ1) is 25.0. The molecule has 0 radical (unpaired) electrons. The van der Waals surface area contributed by atoms with E-state index in [1.807, 2.05) is 6.07 Å². The van der Waals surface area contributed by atoms with E-state index in [1.165, 1.54) is 31.2 Å². The van der Waals surface area contributed by atoms with Gasteiger partial charge >= 0.3 is 0 Å². The Balaban J connectivity index is 0.00000320. The molecule has 1 saturated carbocycles. The molecule has 0 spiro atoms. The van der Waals surface area contributed by atoms with Crippen molar-refractivity contribution in [2.75, 3.05) is 19.3 Å². The number of rotatable bonds is 9. The number of hydrogen-bond acceptors (Lipinski definition) is 4. The summed E-state index contributed by atoms with van der Waals surface area (Å²) in [4.78, 5) is 4.78. The fourth-order valence-electron chi connectivity index (χ4n) is 3.92. The number of halogens is 1. The zero-order chi connectivity index (χ0) is 20.5. The lowest BCUT2D eigenvalue weighted by Gasteiger charge is -2.18. The molecule has 0 aliphatic heterocycles. The number of hydrogen-bond donors (Lipinski definition) is 2. The van der Waals surface area contributed by atoms with Crippen LogP contribution in [0.3, 0.4) is 0 Å². The molecule has 1 aromatic carbocycles. The Morgan fingerprint density at radius 3 is 2.63 bits per heavy atom. The zero-order valence-electron chi connectivity index (χ0n) is 18.3. The Morgan fingerprint density at radius 2 is 1.97 bits per heavy atom. The second kappa shape index (κ2) is 13.2. The quantitative estimate of drug-likeness (QED) is 0.154. The van der Waals surface area contributed by atoms with E-state index in [0.29, 0.717) is 6.04 Å². The van der Waals surface area contributed by atoms with Crippen molar-refractivity contribution in [2.45, 2.75) is 69.6 Å². The topological polar surface area (TPSA) is 67.1 Å². The number of aromatic nitrogens is 3. The lowest BCUT2D eigenvalue weighted by Crippen LogP contribution is -2.38. The van der Waals surface area contributed by atoms with E-state index in [4.69, 9.17) is 4.99 Å². The van der Waals surface area contributed by atoms with E-state index in [1.54, 1.807) is 11.8 Å². The van der Waals surface area contributed by atoms with Crippen molar-refractivity contribution in [2.24, 2.45) is 4.99 Å². The van der Waals surface area contributed by atoms with Crippen LogP contribution in [-0.4, -0.2) is 40.1 Å². The van der Waals surface area contributed by atoms with Crippen molar-refractivity contribution in [3.63, 3.8) is 0 Å². The highest BCUT2D eigenvalue weighted by atomic mass is 127. The van der Waals surface area contributed by atoms with Crippen LogP contribution in [0.1, 0.15) is 69.4 Å². The fourth-order valence-corrected chi connectivity index (χ4v) is 4.50. The van der Waals surface area contributed by atoms with Gasteiger partial charge in [-0.1, -0.05) is 54.9 Å². The predicted molar refractivity (Wildman–Crippen MR) is 137 cm³/mol. The second-order valence-corrected chi connectivity index (χ2v) is 8.33. The standard InChI is InChI=1S/C22H34N6S.HI/c1-4-23-21(25-17(2)18-11-6-5-7-12-18)24-16-10-15-20-26-27-22(29-3)28(20)19-13-8-9-14-19;/h5-7,11-12,17,19H,4,8-10,13-16H2,1-3H3,(H2,23,24,25);1H. The molecule has 1 unspecified atom stereocenters. The van der Waals surface area contributed by atoms with Gasteiger partial charge in [0.05, 0.1) is 6.04 Å². The van der Waals surface area contributed by atoms with E-state index in [2.05, 4.69) is 69.8 Å². The summed E-state index contributed by atoms with van der Waals surface area (Å²) in [6, 6.07) is 11.3. The van der Waals surface area contributed by atoms with Crippen LogP contribution in [-0.2, 0) is 6.42 Å². The molecule has 1 aliphatic carbocycles. The third kappa shape index (κ3) is 6.87. The van der Waals surface area contributed by atoms with Crippen LogP contribution in [0.5, 0.6) is 0 Å². The normalized spacial score (nSPS) is 15.6. The lowest BCUT2D eigenvalue weighted by molar-refractivity contribution is 0.461. The first-order valence-corrected chi connectivity index (χ1v) is 12.0. The molecule has 8 heteroatoms. The van der Waals surface area contributed by atoms with Crippen LogP contribution in [0.15, 0.2) is 40.5 Å². The van der Waals surface area contributed by atoms with Gasteiger partial charge in [0.15, 0.2) is 11.1 Å². The van der Waals surface area contributed by atoms with Crippen LogP contribution in [0.4, 0.5) is 0 Å². The third-order valence-electron chi connectivity index (χ3n) is 5.43. The van der Waals surface area contributed by atoms with Gasteiger partial charge in [0.25, 0.3) is 0 Å². The molecule has 0 saturated heterocycles. The average molecular weight is 543 g/mol. The SMILES string of the molecule is CCNC(=NCCCc1nnc(SC)n1C1CCCC1)NC(C)c1ccccc1.I. The van der Waals surface area contributed by atoms with Crippen LogP contribution >= 0.6 is 35.7 Å². The predicted octanol–water partition coefficient (Wildman–Crippen LogP) is 4.98. The van der Waals surface area contributed by atoms with Crippen molar-refractivity contribution < 1.29 is 0 Å². The minimum Gasteiger partial charge on any atom is -0.357 e.